The predicted molar refractivity (Wildman–Crippen MR) is 106 cm³/mol. The standard InChI is InChI=1S/C20H19N3O5S/c1-14(22)18(12-21)19(24)13-28-20(25)15-7-6-10-17(11-15)29(26,27)23(2)16-8-4-3-5-9-16/h3-11H,13,22H2,1-2H3/b18-14+. The molecule has 2 N–H and O–H groups in total. The summed E-state index contributed by atoms with van der Waals surface area (Å²) in [7, 11) is -2.51. The molecule has 0 aliphatic heterocycles. The number of para-hydroxylation sites is 1. The fourth-order valence-corrected chi connectivity index (χ4v) is 3.62. The average Bonchev–Trinajstić information content (AvgIpc) is 2.72. The van der Waals surface area contributed by atoms with E-state index in [0.29, 0.717) is 5.69 Å². The lowest BCUT2D eigenvalue weighted by atomic mass is 10.1. The lowest BCUT2D eigenvalue weighted by Gasteiger charge is -2.19. The zero-order valence-corrected chi connectivity index (χ0v) is 16.6. The summed E-state index contributed by atoms with van der Waals surface area (Å²) in [6.07, 6.45) is 0. The van der Waals surface area contributed by atoms with Crippen LogP contribution in [0.1, 0.15) is 17.3 Å². The van der Waals surface area contributed by atoms with Gasteiger partial charge in [0.05, 0.1) is 16.1 Å². The molecule has 0 spiro atoms. The summed E-state index contributed by atoms with van der Waals surface area (Å²) in [5.41, 5.74) is 5.57. The number of nitrogens with zero attached hydrogens (tertiary/aromatic N) is 2. The summed E-state index contributed by atoms with van der Waals surface area (Å²) < 4.78 is 31.7. The van der Waals surface area contributed by atoms with Gasteiger partial charge < -0.3 is 10.5 Å². The highest BCUT2D eigenvalue weighted by Crippen LogP contribution is 2.22. The van der Waals surface area contributed by atoms with Crippen LogP contribution in [0.5, 0.6) is 0 Å². The monoisotopic (exact) mass is 413 g/mol. The second kappa shape index (κ2) is 9.03. The SMILES string of the molecule is C/C(N)=C(/C#N)C(=O)COC(=O)c1cccc(S(=O)(=O)N(C)c2ccccc2)c1. The number of nitriles is 1. The number of ether oxygens (including phenoxy) is 1. The quantitative estimate of drug-likeness (QED) is 0.417. The molecule has 0 unspecified atom stereocenters. The van der Waals surface area contributed by atoms with Gasteiger partial charge in [0, 0.05) is 12.7 Å². The Kier molecular flexibility index (Phi) is 6.75. The summed E-state index contributed by atoms with van der Waals surface area (Å²) in [5.74, 6) is -1.64. The highest BCUT2D eigenvalue weighted by Gasteiger charge is 2.23. The number of benzene rings is 2. The molecule has 0 fully saturated rings. The Morgan fingerprint density at radius 2 is 1.79 bits per heavy atom. The largest absolute Gasteiger partial charge is 0.454 e. The lowest BCUT2D eigenvalue weighted by Crippen LogP contribution is -2.26. The Hall–Kier alpha value is -3.64. The van der Waals surface area contributed by atoms with Gasteiger partial charge in [-0.2, -0.15) is 5.26 Å². The first-order chi connectivity index (χ1) is 13.7. The van der Waals surface area contributed by atoms with Crippen LogP contribution in [-0.4, -0.2) is 33.8 Å². The summed E-state index contributed by atoms with van der Waals surface area (Å²) in [5, 5.41) is 8.90. The van der Waals surface area contributed by atoms with Crippen molar-refractivity contribution in [2.75, 3.05) is 18.0 Å². The van der Waals surface area contributed by atoms with Crippen molar-refractivity contribution in [3.8, 4) is 6.07 Å². The second-order valence-electron chi connectivity index (χ2n) is 6.01. The van der Waals surface area contributed by atoms with E-state index in [1.165, 1.54) is 32.2 Å². The van der Waals surface area contributed by atoms with Crippen molar-refractivity contribution in [2.24, 2.45) is 5.73 Å². The van der Waals surface area contributed by atoms with Gasteiger partial charge in [-0.1, -0.05) is 24.3 Å². The molecule has 29 heavy (non-hydrogen) atoms. The maximum absolute atomic E-state index is 12.8. The number of anilines is 1. The fourth-order valence-electron chi connectivity index (χ4n) is 2.38. The van der Waals surface area contributed by atoms with Crippen molar-refractivity contribution in [3.63, 3.8) is 0 Å². The molecule has 2 rings (SSSR count). The third-order valence-electron chi connectivity index (χ3n) is 3.97. The molecule has 0 saturated heterocycles. The smallest absolute Gasteiger partial charge is 0.338 e. The number of esters is 1. The van der Waals surface area contributed by atoms with Crippen molar-refractivity contribution < 1.29 is 22.7 Å². The number of hydrogen-bond donors (Lipinski definition) is 1. The molecule has 0 atom stereocenters. The molecular weight excluding hydrogens is 394 g/mol. The minimum atomic E-state index is -3.92. The van der Waals surface area contributed by atoms with Gasteiger partial charge in [-0.25, -0.2) is 13.2 Å². The van der Waals surface area contributed by atoms with Gasteiger partial charge in [0.1, 0.15) is 11.6 Å². The summed E-state index contributed by atoms with van der Waals surface area (Å²) in [6, 6.07) is 15.4. The van der Waals surface area contributed by atoms with Crippen molar-refractivity contribution in [1.82, 2.24) is 0 Å². The van der Waals surface area contributed by atoms with Crippen LogP contribution in [0.3, 0.4) is 0 Å². The van der Waals surface area contributed by atoms with Gasteiger partial charge in [0.2, 0.25) is 5.78 Å². The molecule has 2 aromatic carbocycles. The highest BCUT2D eigenvalue weighted by atomic mass is 32.2. The van der Waals surface area contributed by atoms with E-state index in [1.54, 1.807) is 36.4 Å². The fraction of sp³-hybridized carbons (Fsp3) is 0.150. The van der Waals surface area contributed by atoms with Crippen LogP contribution in [0.2, 0.25) is 0 Å². The first-order valence-electron chi connectivity index (χ1n) is 8.39. The Labute approximate surface area is 168 Å². The van der Waals surface area contributed by atoms with E-state index in [2.05, 4.69) is 0 Å². The molecule has 9 heteroatoms. The van der Waals surface area contributed by atoms with Crippen LogP contribution in [0.4, 0.5) is 5.69 Å². The topological polar surface area (TPSA) is 131 Å². The number of allylic oxidation sites excluding steroid dienone is 1. The molecule has 0 heterocycles. The molecule has 150 valence electrons. The molecule has 0 aliphatic rings. The van der Waals surface area contributed by atoms with Crippen LogP contribution in [0.15, 0.2) is 70.8 Å². The number of Topliss-reactive ketones (excluding diaryl/α,β-unsaturated/α-hetero) is 1. The van der Waals surface area contributed by atoms with E-state index in [9.17, 15) is 18.0 Å². The van der Waals surface area contributed by atoms with Gasteiger partial charge in [-0.15, -0.1) is 0 Å². The van der Waals surface area contributed by atoms with E-state index >= 15 is 0 Å². The predicted octanol–water partition coefficient (Wildman–Crippen LogP) is 1.99. The number of carbonyl (C=O) groups excluding carboxylic acids is 2. The van der Waals surface area contributed by atoms with Gasteiger partial charge in [0.15, 0.2) is 6.61 Å². The van der Waals surface area contributed by atoms with Gasteiger partial charge in [-0.3, -0.25) is 9.10 Å². The molecule has 0 amide bonds. The maximum atomic E-state index is 12.8. The van der Waals surface area contributed by atoms with Gasteiger partial charge >= 0.3 is 5.97 Å². The lowest BCUT2D eigenvalue weighted by molar-refractivity contribution is -0.118. The minimum absolute atomic E-state index is 0.0191. The third-order valence-corrected chi connectivity index (χ3v) is 5.75. The first kappa shape index (κ1) is 21.7. The first-order valence-corrected chi connectivity index (χ1v) is 9.83. The summed E-state index contributed by atoms with van der Waals surface area (Å²) in [6.45, 7) is 0.701. The van der Waals surface area contributed by atoms with Crippen molar-refractivity contribution >= 4 is 27.5 Å². The number of ketones is 1. The zero-order chi connectivity index (χ0) is 21.6. The Morgan fingerprint density at radius 3 is 2.38 bits per heavy atom. The van der Waals surface area contributed by atoms with Crippen LogP contribution >= 0.6 is 0 Å². The maximum Gasteiger partial charge on any atom is 0.338 e. The number of sulfonamides is 1. The molecule has 0 radical (unpaired) electrons. The molecule has 0 aromatic heterocycles. The molecule has 0 saturated carbocycles. The number of nitrogens with two attached hydrogens (primary N) is 1. The molecule has 0 aliphatic carbocycles. The Bertz CT molecular complexity index is 1100. The molecule has 0 bridgehead atoms. The number of carbonyl (C=O) groups is 2. The molecular formula is C20H19N3O5S. The summed E-state index contributed by atoms with van der Waals surface area (Å²) >= 11 is 0. The van der Waals surface area contributed by atoms with E-state index in [1.807, 2.05) is 0 Å². The van der Waals surface area contributed by atoms with E-state index in [0.717, 1.165) is 10.4 Å². The third kappa shape index (κ3) is 5.00. The van der Waals surface area contributed by atoms with Crippen molar-refractivity contribution in [3.05, 3.63) is 71.4 Å². The molecule has 8 nitrogen and oxygen atoms in total. The molecule has 2 aromatic rings. The Morgan fingerprint density at radius 1 is 1.14 bits per heavy atom. The Balaban J connectivity index is 2.21. The van der Waals surface area contributed by atoms with E-state index in [4.69, 9.17) is 15.7 Å². The van der Waals surface area contributed by atoms with Gasteiger partial charge in [0.25, 0.3) is 10.0 Å². The second-order valence-corrected chi connectivity index (χ2v) is 7.97. The number of hydrogen-bond acceptors (Lipinski definition) is 7. The number of rotatable bonds is 7. The average molecular weight is 413 g/mol. The zero-order valence-electron chi connectivity index (χ0n) is 15.8. The minimum Gasteiger partial charge on any atom is -0.454 e. The van der Waals surface area contributed by atoms with E-state index < -0.39 is 28.4 Å². The van der Waals surface area contributed by atoms with Crippen LogP contribution in [0.25, 0.3) is 0 Å². The highest BCUT2D eigenvalue weighted by molar-refractivity contribution is 7.92. The van der Waals surface area contributed by atoms with Crippen molar-refractivity contribution in [1.29, 1.82) is 5.26 Å². The normalized spacial score (nSPS) is 11.8. The summed E-state index contributed by atoms with van der Waals surface area (Å²) in [4.78, 5) is 24.0. The van der Waals surface area contributed by atoms with Crippen LogP contribution in [-0.2, 0) is 19.6 Å². The van der Waals surface area contributed by atoms with E-state index in [-0.39, 0.29) is 21.7 Å². The van der Waals surface area contributed by atoms with Crippen LogP contribution in [0, 0.1) is 11.3 Å². The van der Waals surface area contributed by atoms with Crippen molar-refractivity contribution in [2.45, 2.75) is 11.8 Å². The van der Waals surface area contributed by atoms with Gasteiger partial charge in [-0.05, 0) is 37.3 Å². The van der Waals surface area contributed by atoms with Crippen LogP contribution < -0.4 is 10.0 Å².